The van der Waals surface area contributed by atoms with E-state index < -0.39 is 6.10 Å². The van der Waals surface area contributed by atoms with Crippen molar-refractivity contribution in [2.75, 3.05) is 13.2 Å². The van der Waals surface area contributed by atoms with Crippen LogP contribution in [-0.4, -0.2) is 36.4 Å². The number of hydrogen-bond acceptors (Lipinski definition) is 5. The van der Waals surface area contributed by atoms with Gasteiger partial charge < -0.3 is 14.6 Å². The van der Waals surface area contributed by atoms with Gasteiger partial charge in [0.15, 0.2) is 6.10 Å². The van der Waals surface area contributed by atoms with Crippen molar-refractivity contribution >= 4 is 11.9 Å². The minimum absolute atomic E-state index is 0.0729. The first kappa shape index (κ1) is 39.1. The quantitative estimate of drug-likeness (QED) is 0.0523. The molecule has 1 N–H and O–H groups in total. The molecule has 0 aliphatic heterocycles. The number of aliphatic hydroxyl groups excluding tert-OH is 1. The van der Waals surface area contributed by atoms with Gasteiger partial charge in [-0.1, -0.05) is 140 Å². The molecule has 0 spiro atoms. The Morgan fingerprint density at radius 3 is 1.59 bits per heavy atom. The smallest absolute Gasteiger partial charge is 0.306 e. The Morgan fingerprint density at radius 1 is 0.585 bits per heavy atom. The van der Waals surface area contributed by atoms with Crippen LogP contribution in [0.4, 0.5) is 0 Å². The molecule has 0 fully saturated rings. The van der Waals surface area contributed by atoms with Gasteiger partial charge in [-0.25, -0.2) is 0 Å². The maximum Gasteiger partial charge on any atom is 0.306 e. The fraction of sp³-hybridized carbons (Fsp3) is 0.778. The van der Waals surface area contributed by atoms with E-state index in [0.29, 0.717) is 12.8 Å². The zero-order chi connectivity index (χ0) is 30.1. The zero-order valence-electron chi connectivity index (χ0n) is 26.8. The summed E-state index contributed by atoms with van der Waals surface area (Å²) in [5.41, 5.74) is 0. The van der Waals surface area contributed by atoms with E-state index in [1.165, 1.54) is 70.6 Å². The van der Waals surface area contributed by atoms with Gasteiger partial charge in [-0.05, 0) is 44.9 Å². The summed E-state index contributed by atoms with van der Waals surface area (Å²) in [6.45, 7) is 3.99. The number of carbonyl (C=O) groups excluding carboxylic acids is 2. The van der Waals surface area contributed by atoms with Crippen LogP contribution in [0.2, 0.25) is 0 Å². The van der Waals surface area contributed by atoms with E-state index in [4.69, 9.17) is 9.47 Å². The molecule has 0 bridgehead atoms. The van der Waals surface area contributed by atoms with Gasteiger partial charge in [-0.3, -0.25) is 9.59 Å². The van der Waals surface area contributed by atoms with Crippen molar-refractivity contribution < 1.29 is 24.2 Å². The molecule has 0 unspecified atom stereocenters. The van der Waals surface area contributed by atoms with Crippen molar-refractivity contribution in [2.24, 2.45) is 0 Å². The summed E-state index contributed by atoms with van der Waals surface area (Å²) in [7, 11) is 0. The summed E-state index contributed by atoms with van der Waals surface area (Å²) in [5, 5.41) is 9.50. The Hall–Kier alpha value is -1.88. The highest BCUT2D eigenvalue weighted by atomic mass is 16.6. The monoisotopic (exact) mass is 576 g/mol. The molecule has 1 atom stereocenters. The molecule has 5 heteroatoms. The fourth-order valence-electron chi connectivity index (χ4n) is 4.63. The number of allylic oxidation sites excluding steroid dienone is 6. The predicted molar refractivity (Wildman–Crippen MR) is 173 cm³/mol. The number of unbranched alkanes of at least 4 members (excludes halogenated alkanes) is 16. The van der Waals surface area contributed by atoms with Crippen molar-refractivity contribution in [2.45, 2.75) is 168 Å². The van der Waals surface area contributed by atoms with Crippen molar-refractivity contribution in [3.63, 3.8) is 0 Å². The SMILES string of the molecule is CCC=CCC=CCC=CCCCCCCCC(=O)OC[C@H](CO)OC(=O)CCCCCCCCCCCCCC. The van der Waals surface area contributed by atoms with Gasteiger partial charge in [0.05, 0.1) is 6.61 Å². The van der Waals surface area contributed by atoms with Crippen LogP contribution >= 0.6 is 0 Å². The summed E-state index contributed by atoms with van der Waals surface area (Å²) in [6, 6.07) is 0. The van der Waals surface area contributed by atoms with E-state index in [-0.39, 0.29) is 25.2 Å². The molecular formula is C36H64O5. The topological polar surface area (TPSA) is 72.8 Å². The fourth-order valence-corrected chi connectivity index (χ4v) is 4.63. The summed E-state index contributed by atoms with van der Waals surface area (Å²) in [6.07, 6.45) is 37.6. The zero-order valence-corrected chi connectivity index (χ0v) is 26.8. The van der Waals surface area contributed by atoms with Crippen LogP contribution in [0.15, 0.2) is 36.5 Å². The third-order valence-corrected chi connectivity index (χ3v) is 7.20. The summed E-state index contributed by atoms with van der Waals surface area (Å²) in [4.78, 5) is 24.1. The lowest BCUT2D eigenvalue weighted by Gasteiger charge is -2.15. The second-order valence-corrected chi connectivity index (χ2v) is 11.2. The number of esters is 2. The highest BCUT2D eigenvalue weighted by Crippen LogP contribution is 2.13. The van der Waals surface area contributed by atoms with Crippen molar-refractivity contribution in [1.82, 2.24) is 0 Å². The molecule has 0 heterocycles. The highest BCUT2D eigenvalue weighted by Gasteiger charge is 2.16. The maximum atomic E-state index is 12.1. The second-order valence-electron chi connectivity index (χ2n) is 11.2. The number of ether oxygens (including phenoxy) is 2. The molecular weight excluding hydrogens is 512 g/mol. The van der Waals surface area contributed by atoms with E-state index in [1.807, 2.05) is 0 Å². The van der Waals surface area contributed by atoms with Crippen LogP contribution in [0.5, 0.6) is 0 Å². The first-order valence-corrected chi connectivity index (χ1v) is 17.0. The molecule has 5 nitrogen and oxygen atoms in total. The molecule has 0 aromatic heterocycles. The Labute approximate surface area is 253 Å². The molecule has 0 saturated heterocycles. The van der Waals surface area contributed by atoms with Gasteiger partial charge in [0, 0.05) is 12.8 Å². The molecule has 0 radical (unpaired) electrons. The van der Waals surface area contributed by atoms with Crippen LogP contribution in [0, 0.1) is 0 Å². The van der Waals surface area contributed by atoms with Gasteiger partial charge in [0.25, 0.3) is 0 Å². The largest absolute Gasteiger partial charge is 0.462 e. The van der Waals surface area contributed by atoms with Gasteiger partial charge in [0.1, 0.15) is 6.61 Å². The molecule has 41 heavy (non-hydrogen) atoms. The first-order chi connectivity index (χ1) is 20.1. The minimum atomic E-state index is -0.773. The lowest BCUT2D eigenvalue weighted by Crippen LogP contribution is -2.28. The van der Waals surface area contributed by atoms with Crippen LogP contribution in [-0.2, 0) is 19.1 Å². The van der Waals surface area contributed by atoms with Crippen molar-refractivity contribution in [3.8, 4) is 0 Å². The molecule has 0 saturated carbocycles. The Bertz CT molecular complexity index is 667. The highest BCUT2D eigenvalue weighted by molar-refractivity contribution is 5.70. The number of aliphatic hydroxyl groups is 1. The number of carbonyl (C=O) groups is 2. The Kier molecular flexibility index (Phi) is 31.1. The van der Waals surface area contributed by atoms with Crippen LogP contribution < -0.4 is 0 Å². The Morgan fingerprint density at radius 2 is 1.05 bits per heavy atom. The third kappa shape index (κ3) is 30.9. The minimum Gasteiger partial charge on any atom is -0.462 e. The summed E-state index contributed by atoms with van der Waals surface area (Å²) in [5.74, 6) is -0.611. The van der Waals surface area contributed by atoms with E-state index in [9.17, 15) is 14.7 Å². The van der Waals surface area contributed by atoms with Gasteiger partial charge in [-0.2, -0.15) is 0 Å². The van der Waals surface area contributed by atoms with Crippen LogP contribution in [0.25, 0.3) is 0 Å². The Balaban J connectivity index is 3.61. The van der Waals surface area contributed by atoms with Crippen molar-refractivity contribution in [1.29, 1.82) is 0 Å². The third-order valence-electron chi connectivity index (χ3n) is 7.20. The molecule has 0 aliphatic carbocycles. The van der Waals surface area contributed by atoms with E-state index in [2.05, 4.69) is 50.3 Å². The molecule has 238 valence electrons. The van der Waals surface area contributed by atoms with Gasteiger partial charge >= 0.3 is 11.9 Å². The normalized spacial score (nSPS) is 12.6. The van der Waals surface area contributed by atoms with E-state index in [0.717, 1.165) is 64.2 Å². The lowest BCUT2D eigenvalue weighted by molar-refractivity contribution is -0.161. The van der Waals surface area contributed by atoms with Gasteiger partial charge in [-0.15, -0.1) is 0 Å². The standard InChI is InChI=1S/C36H64O5/c1-3-5-7-9-11-13-15-17-18-19-21-22-24-26-28-30-35(38)40-33-34(32-37)41-36(39)31-29-27-25-23-20-16-14-12-10-8-6-4-2/h5,7,11,13,17-18,34,37H,3-4,6,8-10,12,14-16,19-33H2,1-2H3/t34-/m0/s1. The average molecular weight is 577 g/mol. The summed E-state index contributed by atoms with van der Waals surface area (Å²) >= 11 is 0. The predicted octanol–water partition coefficient (Wildman–Crippen LogP) is 10.1. The number of hydrogen-bond donors (Lipinski definition) is 1. The molecule has 0 aromatic carbocycles. The van der Waals surface area contributed by atoms with Crippen LogP contribution in [0.1, 0.15) is 162 Å². The second kappa shape index (κ2) is 32.6. The summed E-state index contributed by atoms with van der Waals surface area (Å²) < 4.78 is 10.5. The van der Waals surface area contributed by atoms with E-state index in [1.54, 1.807) is 0 Å². The number of rotatable bonds is 30. The molecule has 0 aliphatic rings. The maximum absolute atomic E-state index is 12.1. The van der Waals surface area contributed by atoms with E-state index >= 15 is 0 Å². The molecule has 0 amide bonds. The molecule has 0 rings (SSSR count). The van der Waals surface area contributed by atoms with Crippen molar-refractivity contribution in [3.05, 3.63) is 36.5 Å². The average Bonchev–Trinajstić information content (AvgIpc) is 2.97. The van der Waals surface area contributed by atoms with Gasteiger partial charge in [0.2, 0.25) is 0 Å². The first-order valence-electron chi connectivity index (χ1n) is 17.0. The lowest BCUT2D eigenvalue weighted by atomic mass is 10.0. The van der Waals surface area contributed by atoms with Crippen LogP contribution in [0.3, 0.4) is 0 Å². The molecule has 0 aromatic rings.